The van der Waals surface area contributed by atoms with Gasteiger partial charge in [-0.1, -0.05) is 12.1 Å². The zero-order valence-corrected chi connectivity index (χ0v) is 10.6. The Kier molecular flexibility index (Phi) is 3.80. The third kappa shape index (κ3) is 3.31. The molecule has 0 aliphatic heterocycles. The molecule has 98 valence electrons. The standard InChI is InChI=1S/C15H15FN2O/c1-10(12-3-2-4-13(16)9-12)18-15(19)11-5-7-14(17)8-6-11/h2-10H,17H2,1H3,(H,18,19). The maximum Gasteiger partial charge on any atom is 0.251 e. The molecule has 0 spiro atoms. The summed E-state index contributed by atoms with van der Waals surface area (Å²) in [5.41, 5.74) is 7.42. The number of nitrogens with two attached hydrogens (primary N) is 1. The quantitative estimate of drug-likeness (QED) is 0.832. The van der Waals surface area contributed by atoms with Gasteiger partial charge in [0, 0.05) is 11.3 Å². The van der Waals surface area contributed by atoms with Gasteiger partial charge in [0.1, 0.15) is 5.82 Å². The molecule has 3 nitrogen and oxygen atoms in total. The van der Waals surface area contributed by atoms with E-state index in [1.807, 2.05) is 6.92 Å². The molecule has 3 N–H and O–H groups in total. The Balaban J connectivity index is 2.08. The number of anilines is 1. The van der Waals surface area contributed by atoms with Gasteiger partial charge in [0.15, 0.2) is 0 Å². The number of benzene rings is 2. The highest BCUT2D eigenvalue weighted by molar-refractivity contribution is 5.94. The van der Waals surface area contributed by atoms with E-state index < -0.39 is 0 Å². The molecule has 0 heterocycles. The largest absolute Gasteiger partial charge is 0.399 e. The summed E-state index contributed by atoms with van der Waals surface area (Å²) in [6.07, 6.45) is 0. The predicted octanol–water partition coefficient (Wildman–Crippen LogP) is 2.90. The summed E-state index contributed by atoms with van der Waals surface area (Å²) < 4.78 is 13.1. The number of hydrogen-bond donors (Lipinski definition) is 2. The molecule has 0 radical (unpaired) electrons. The molecule has 0 saturated heterocycles. The van der Waals surface area contributed by atoms with Crippen LogP contribution in [0.3, 0.4) is 0 Å². The van der Waals surface area contributed by atoms with Gasteiger partial charge < -0.3 is 11.1 Å². The maximum absolute atomic E-state index is 13.1. The Labute approximate surface area is 111 Å². The summed E-state index contributed by atoms with van der Waals surface area (Å²) in [7, 11) is 0. The summed E-state index contributed by atoms with van der Waals surface area (Å²) in [5.74, 6) is -0.525. The number of halogens is 1. The van der Waals surface area contributed by atoms with Gasteiger partial charge in [-0.25, -0.2) is 4.39 Å². The van der Waals surface area contributed by atoms with Crippen molar-refractivity contribution in [3.05, 3.63) is 65.5 Å². The Bertz CT molecular complexity index is 581. The average Bonchev–Trinajstić information content (AvgIpc) is 2.39. The van der Waals surface area contributed by atoms with Gasteiger partial charge in [-0.05, 0) is 48.9 Å². The van der Waals surface area contributed by atoms with Gasteiger partial charge in [0.05, 0.1) is 6.04 Å². The molecule has 0 saturated carbocycles. The minimum atomic E-state index is -0.314. The zero-order valence-electron chi connectivity index (χ0n) is 10.6. The minimum absolute atomic E-state index is 0.211. The first-order chi connectivity index (χ1) is 9.06. The van der Waals surface area contributed by atoms with Gasteiger partial charge in [-0.3, -0.25) is 4.79 Å². The van der Waals surface area contributed by atoms with Gasteiger partial charge >= 0.3 is 0 Å². The Morgan fingerprint density at radius 2 is 1.89 bits per heavy atom. The van der Waals surface area contributed by atoms with Crippen molar-refractivity contribution < 1.29 is 9.18 Å². The van der Waals surface area contributed by atoms with Crippen LogP contribution in [-0.4, -0.2) is 5.91 Å². The minimum Gasteiger partial charge on any atom is -0.399 e. The summed E-state index contributed by atoms with van der Waals surface area (Å²) >= 11 is 0. The monoisotopic (exact) mass is 258 g/mol. The van der Waals surface area contributed by atoms with E-state index in [0.29, 0.717) is 11.3 Å². The lowest BCUT2D eigenvalue weighted by atomic mass is 10.1. The second-order valence-corrected chi connectivity index (χ2v) is 4.37. The first-order valence-corrected chi connectivity index (χ1v) is 5.98. The van der Waals surface area contributed by atoms with E-state index >= 15 is 0 Å². The molecular formula is C15H15FN2O. The third-order valence-corrected chi connectivity index (χ3v) is 2.87. The van der Waals surface area contributed by atoms with E-state index in [1.165, 1.54) is 12.1 Å². The highest BCUT2D eigenvalue weighted by Gasteiger charge is 2.11. The first-order valence-electron chi connectivity index (χ1n) is 5.98. The highest BCUT2D eigenvalue weighted by Crippen LogP contribution is 2.14. The van der Waals surface area contributed by atoms with Crippen LogP contribution in [0.15, 0.2) is 48.5 Å². The van der Waals surface area contributed by atoms with Gasteiger partial charge in [0.25, 0.3) is 5.91 Å². The van der Waals surface area contributed by atoms with Crippen molar-refractivity contribution in [1.82, 2.24) is 5.32 Å². The first kappa shape index (κ1) is 13.1. The number of amides is 1. The second kappa shape index (κ2) is 5.52. The van der Waals surface area contributed by atoms with Crippen LogP contribution in [0.5, 0.6) is 0 Å². The average molecular weight is 258 g/mol. The topological polar surface area (TPSA) is 55.1 Å². The number of carbonyl (C=O) groups is 1. The molecule has 1 atom stereocenters. The SMILES string of the molecule is CC(NC(=O)c1ccc(N)cc1)c1cccc(F)c1. The van der Waals surface area contributed by atoms with Crippen LogP contribution < -0.4 is 11.1 Å². The van der Waals surface area contributed by atoms with Crippen LogP contribution >= 0.6 is 0 Å². The Morgan fingerprint density at radius 3 is 2.53 bits per heavy atom. The highest BCUT2D eigenvalue weighted by atomic mass is 19.1. The third-order valence-electron chi connectivity index (χ3n) is 2.87. The molecule has 2 rings (SSSR count). The van der Waals surface area contributed by atoms with Crippen molar-refractivity contribution in [3.63, 3.8) is 0 Å². The molecule has 1 amide bonds. The molecule has 0 aliphatic rings. The van der Waals surface area contributed by atoms with Crippen LogP contribution in [0, 0.1) is 5.82 Å². The van der Waals surface area contributed by atoms with E-state index in [-0.39, 0.29) is 17.8 Å². The molecule has 2 aromatic rings. The predicted molar refractivity (Wildman–Crippen MR) is 73.1 cm³/mol. The summed E-state index contributed by atoms with van der Waals surface area (Å²) in [4.78, 5) is 12.0. The molecule has 0 fully saturated rings. The fourth-order valence-electron chi connectivity index (χ4n) is 1.77. The Hall–Kier alpha value is -2.36. The smallest absolute Gasteiger partial charge is 0.251 e. The van der Waals surface area contributed by atoms with E-state index in [0.717, 1.165) is 5.56 Å². The van der Waals surface area contributed by atoms with Crippen LogP contribution in [0.2, 0.25) is 0 Å². The van der Waals surface area contributed by atoms with Crippen molar-refractivity contribution in [2.75, 3.05) is 5.73 Å². The summed E-state index contributed by atoms with van der Waals surface area (Å²) in [6, 6.07) is 12.6. The fraction of sp³-hybridized carbons (Fsp3) is 0.133. The van der Waals surface area contributed by atoms with Gasteiger partial charge in [-0.2, -0.15) is 0 Å². The molecule has 4 heteroatoms. The van der Waals surface area contributed by atoms with Crippen LogP contribution in [0.4, 0.5) is 10.1 Å². The van der Waals surface area contributed by atoms with Crippen molar-refractivity contribution in [3.8, 4) is 0 Å². The van der Waals surface area contributed by atoms with E-state index in [2.05, 4.69) is 5.32 Å². The van der Waals surface area contributed by atoms with Crippen molar-refractivity contribution in [2.45, 2.75) is 13.0 Å². The lowest BCUT2D eigenvalue weighted by Gasteiger charge is -2.14. The number of hydrogen-bond acceptors (Lipinski definition) is 2. The fourth-order valence-corrected chi connectivity index (χ4v) is 1.77. The molecular weight excluding hydrogens is 243 g/mol. The Morgan fingerprint density at radius 1 is 1.21 bits per heavy atom. The number of nitrogen functional groups attached to an aromatic ring is 1. The van der Waals surface area contributed by atoms with Crippen LogP contribution in [0.1, 0.15) is 28.9 Å². The molecule has 1 unspecified atom stereocenters. The summed E-state index contributed by atoms with van der Waals surface area (Å²) in [5, 5.41) is 2.81. The molecule has 0 aromatic heterocycles. The molecule has 0 bridgehead atoms. The zero-order chi connectivity index (χ0) is 13.8. The number of nitrogens with one attached hydrogen (secondary N) is 1. The number of rotatable bonds is 3. The normalized spacial score (nSPS) is 11.9. The van der Waals surface area contributed by atoms with Crippen molar-refractivity contribution in [1.29, 1.82) is 0 Å². The second-order valence-electron chi connectivity index (χ2n) is 4.37. The molecule has 2 aromatic carbocycles. The number of carbonyl (C=O) groups excluding carboxylic acids is 1. The van der Waals surface area contributed by atoms with Crippen molar-refractivity contribution in [2.24, 2.45) is 0 Å². The van der Waals surface area contributed by atoms with Gasteiger partial charge in [0.2, 0.25) is 0 Å². The van der Waals surface area contributed by atoms with E-state index in [9.17, 15) is 9.18 Å². The van der Waals surface area contributed by atoms with E-state index in [4.69, 9.17) is 5.73 Å². The lowest BCUT2D eigenvalue weighted by molar-refractivity contribution is 0.0940. The lowest BCUT2D eigenvalue weighted by Crippen LogP contribution is -2.26. The van der Waals surface area contributed by atoms with Crippen LogP contribution in [0.25, 0.3) is 0 Å². The van der Waals surface area contributed by atoms with E-state index in [1.54, 1.807) is 36.4 Å². The molecule has 19 heavy (non-hydrogen) atoms. The van der Waals surface area contributed by atoms with Crippen molar-refractivity contribution >= 4 is 11.6 Å². The van der Waals surface area contributed by atoms with Gasteiger partial charge in [-0.15, -0.1) is 0 Å². The van der Waals surface area contributed by atoms with Crippen LogP contribution in [-0.2, 0) is 0 Å². The summed E-state index contributed by atoms with van der Waals surface area (Å²) in [6.45, 7) is 1.81. The molecule has 0 aliphatic carbocycles. The maximum atomic E-state index is 13.1.